The lowest BCUT2D eigenvalue weighted by atomic mass is 10.0. The number of hydrogen-bond acceptors (Lipinski definition) is 4. The van der Waals surface area contributed by atoms with Gasteiger partial charge in [0.2, 0.25) is 5.91 Å². The molecular weight excluding hydrogens is 350 g/mol. The van der Waals surface area contributed by atoms with Gasteiger partial charge in [-0.2, -0.15) is 8.78 Å². The van der Waals surface area contributed by atoms with Gasteiger partial charge in [-0.1, -0.05) is 19.9 Å². The molecule has 1 unspecified atom stereocenters. The molecule has 136 valence electrons. The number of halogens is 2. The first kappa shape index (κ1) is 19.0. The molecule has 0 saturated carbocycles. The maximum atomic E-state index is 12.7. The zero-order valence-electron chi connectivity index (χ0n) is 13.9. The molecular formula is C16H20F2N4O2S. The summed E-state index contributed by atoms with van der Waals surface area (Å²) in [5, 5.41) is 7.16. The van der Waals surface area contributed by atoms with Crippen LogP contribution in [0.4, 0.5) is 8.78 Å². The first-order valence-electron chi connectivity index (χ1n) is 7.82. The van der Waals surface area contributed by atoms with E-state index in [9.17, 15) is 18.4 Å². The van der Waals surface area contributed by atoms with E-state index in [2.05, 4.69) is 15.6 Å². The third kappa shape index (κ3) is 5.09. The summed E-state index contributed by atoms with van der Waals surface area (Å²) < 4.78 is 26.3. The number of amides is 2. The standard InChI is InChI=1S/C16H20F2N4O2S/c1-10(2)13(21-14(23)11-4-3-9-25-11)15(24)20-6-5-12-19-7-8-22(12)16(17)18/h3-4,7-10,13,16H,5-6H2,1-2H3,(H,20,24)(H,21,23). The molecule has 0 aliphatic heterocycles. The highest BCUT2D eigenvalue weighted by atomic mass is 32.1. The van der Waals surface area contributed by atoms with Gasteiger partial charge in [-0.05, 0) is 17.4 Å². The first-order chi connectivity index (χ1) is 11.9. The Hall–Kier alpha value is -2.29. The average Bonchev–Trinajstić information content (AvgIpc) is 3.23. The van der Waals surface area contributed by atoms with Crippen LogP contribution in [0.2, 0.25) is 0 Å². The van der Waals surface area contributed by atoms with Crippen LogP contribution in [0, 0.1) is 5.92 Å². The number of rotatable bonds is 8. The third-order valence-corrected chi connectivity index (χ3v) is 4.46. The van der Waals surface area contributed by atoms with Crippen molar-refractivity contribution in [2.24, 2.45) is 5.92 Å². The molecule has 6 nitrogen and oxygen atoms in total. The molecule has 25 heavy (non-hydrogen) atoms. The molecule has 2 aromatic heterocycles. The van der Waals surface area contributed by atoms with Crippen molar-refractivity contribution >= 4 is 23.2 Å². The Bertz CT molecular complexity index is 701. The fourth-order valence-corrected chi connectivity index (χ4v) is 2.90. The monoisotopic (exact) mass is 370 g/mol. The van der Waals surface area contributed by atoms with E-state index in [1.807, 2.05) is 13.8 Å². The number of hydrogen-bond donors (Lipinski definition) is 2. The minimum absolute atomic E-state index is 0.119. The number of alkyl halides is 2. The predicted octanol–water partition coefficient (Wildman–Crippen LogP) is 2.45. The van der Waals surface area contributed by atoms with Crippen LogP contribution >= 0.6 is 11.3 Å². The van der Waals surface area contributed by atoms with E-state index in [0.29, 0.717) is 4.88 Å². The molecule has 0 bridgehead atoms. The Kier molecular flexibility index (Phi) is 6.63. The number of carbonyl (C=O) groups is 2. The van der Waals surface area contributed by atoms with Crippen LogP contribution in [0.1, 0.15) is 35.9 Å². The maximum Gasteiger partial charge on any atom is 0.319 e. The van der Waals surface area contributed by atoms with Crippen LogP contribution in [0.25, 0.3) is 0 Å². The zero-order chi connectivity index (χ0) is 18.4. The first-order valence-corrected chi connectivity index (χ1v) is 8.70. The summed E-state index contributed by atoms with van der Waals surface area (Å²) in [7, 11) is 0. The predicted molar refractivity (Wildman–Crippen MR) is 90.6 cm³/mol. The van der Waals surface area contributed by atoms with Crippen molar-refractivity contribution in [3.8, 4) is 0 Å². The van der Waals surface area contributed by atoms with Gasteiger partial charge in [0.15, 0.2) is 0 Å². The van der Waals surface area contributed by atoms with E-state index < -0.39 is 12.6 Å². The molecule has 9 heteroatoms. The molecule has 0 aliphatic carbocycles. The highest BCUT2D eigenvalue weighted by Crippen LogP contribution is 2.13. The fraction of sp³-hybridized carbons (Fsp3) is 0.438. The Morgan fingerprint density at radius 1 is 1.36 bits per heavy atom. The minimum Gasteiger partial charge on any atom is -0.354 e. The molecule has 2 heterocycles. The van der Waals surface area contributed by atoms with E-state index in [1.165, 1.54) is 23.7 Å². The van der Waals surface area contributed by atoms with Crippen LogP contribution < -0.4 is 10.6 Å². The van der Waals surface area contributed by atoms with Crippen molar-refractivity contribution in [3.63, 3.8) is 0 Å². The topological polar surface area (TPSA) is 76.0 Å². The fourth-order valence-electron chi connectivity index (χ4n) is 2.28. The van der Waals surface area contributed by atoms with Gasteiger partial charge in [0.25, 0.3) is 5.91 Å². The lowest BCUT2D eigenvalue weighted by molar-refractivity contribution is -0.123. The molecule has 2 amide bonds. The molecule has 2 rings (SSSR count). The lowest BCUT2D eigenvalue weighted by Gasteiger charge is -2.21. The summed E-state index contributed by atoms with van der Waals surface area (Å²) in [5.41, 5.74) is 0. The molecule has 0 spiro atoms. The van der Waals surface area contributed by atoms with Gasteiger partial charge in [-0.25, -0.2) is 4.98 Å². The van der Waals surface area contributed by atoms with Crippen molar-refractivity contribution < 1.29 is 18.4 Å². The Morgan fingerprint density at radius 3 is 2.72 bits per heavy atom. The lowest BCUT2D eigenvalue weighted by Crippen LogP contribution is -2.50. The highest BCUT2D eigenvalue weighted by Gasteiger charge is 2.24. The molecule has 0 radical (unpaired) electrons. The van der Waals surface area contributed by atoms with Gasteiger partial charge in [-0.3, -0.25) is 14.2 Å². The molecule has 2 N–H and O–H groups in total. The van der Waals surface area contributed by atoms with Crippen molar-refractivity contribution in [1.82, 2.24) is 20.2 Å². The highest BCUT2D eigenvalue weighted by molar-refractivity contribution is 7.12. The maximum absolute atomic E-state index is 12.7. The van der Waals surface area contributed by atoms with Crippen LogP contribution in [0.15, 0.2) is 29.9 Å². The number of carbonyl (C=O) groups excluding carboxylic acids is 2. The van der Waals surface area contributed by atoms with E-state index in [0.717, 1.165) is 4.57 Å². The molecule has 0 fully saturated rings. The SMILES string of the molecule is CC(C)C(NC(=O)c1cccs1)C(=O)NCCc1nccn1C(F)F. The number of nitrogens with one attached hydrogen (secondary N) is 2. The van der Waals surface area contributed by atoms with E-state index in [-0.39, 0.29) is 36.5 Å². The molecule has 2 aromatic rings. The van der Waals surface area contributed by atoms with Gasteiger partial charge in [-0.15, -0.1) is 11.3 Å². The van der Waals surface area contributed by atoms with Crippen LogP contribution in [0.3, 0.4) is 0 Å². The van der Waals surface area contributed by atoms with Crippen molar-refractivity contribution in [2.75, 3.05) is 6.54 Å². The van der Waals surface area contributed by atoms with Crippen molar-refractivity contribution in [1.29, 1.82) is 0 Å². The summed E-state index contributed by atoms with van der Waals surface area (Å²) >= 11 is 1.29. The normalized spacial score (nSPS) is 12.4. The second-order valence-electron chi connectivity index (χ2n) is 5.74. The van der Waals surface area contributed by atoms with Gasteiger partial charge >= 0.3 is 6.55 Å². The third-order valence-electron chi connectivity index (χ3n) is 3.59. The van der Waals surface area contributed by atoms with E-state index in [1.54, 1.807) is 17.5 Å². The molecule has 1 atom stereocenters. The quantitative estimate of drug-likeness (QED) is 0.749. The number of aromatic nitrogens is 2. The minimum atomic E-state index is -2.67. The number of thiophene rings is 1. The molecule has 0 aromatic carbocycles. The molecule has 0 aliphatic rings. The summed E-state index contributed by atoms with van der Waals surface area (Å²) in [6.45, 7) is 1.13. The van der Waals surface area contributed by atoms with E-state index >= 15 is 0 Å². The smallest absolute Gasteiger partial charge is 0.319 e. The number of nitrogens with zero attached hydrogens (tertiary/aromatic N) is 2. The van der Waals surface area contributed by atoms with Gasteiger partial charge in [0, 0.05) is 25.4 Å². The van der Waals surface area contributed by atoms with Crippen molar-refractivity contribution in [2.45, 2.75) is 32.9 Å². The summed E-state index contributed by atoms with van der Waals surface area (Å²) in [6.07, 6.45) is 2.66. The zero-order valence-corrected chi connectivity index (χ0v) is 14.7. The summed E-state index contributed by atoms with van der Waals surface area (Å²) in [6, 6.07) is 2.73. The van der Waals surface area contributed by atoms with Crippen LogP contribution in [-0.2, 0) is 11.2 Å². The van der Waals surface area contributed by atoms with Gasteiger partial charge in [0.1, 0.15) is 11.9 Å². The molecule has 0 saturated heterocycles. The number of imidazole rings is 1. The van der Waals surface area contributed by atoms with Crippen LogP contribution in [-0.4, -0.2) is 34.0 Å². The second-order valence-corrected chi connectivity index (χ2v) is 6.69. The average molecular weight is 370 g/mol. The van der Waals surface area contributed by atoms with E-state index in [4.69, 9.17) is 0 Å². The second kappa shape index (κ2) is 8.70. The Balaban J connectivity index is 1.90. The largest absolute Gasteiger partial charge is 0.354 e. The van der Waals surface area contributed by atoms with Gasteiger partial charge < -0.3 is 10.6 Å². The van der Waals surface area contributed by atoms with Crippen LogP contribution in [0.5, 0.6) is 0 Å². The summed E-state index contributed by atoms with van der Waals surface area (Å²) in [4.78, 5) is 28.9. The summed E-state index contributed by atoms with van der Waals surface area (Å²) in [5.74, 6) is -0.585. The Morgan fingerprint density at radius 2 is 2.12 bits per heavy atom. The van der Waals surface area contributed by atoms with Crippen molar-refractivity contribution in [3.05, 3.63) is 40.6 Å². The Labute approximate surface area is 148 Å². The van der Waals surface area contributed by atoms with Gasteiger partial charge in [0.05, 0.1) is 4.88 Å².